The van der Waals surface area contributed by atoms with Crippen molar-refractivity contribution in [1.82, 2.24) is 14.5 Å². The highest BCUT2D eigenvalue weighted by molar-refractivity contribution is 7.17. The van der Waals surface area contributed by atoms with Crippen LogP contribution in [0.2, 0.25) is 5.02 Å². The lowest BCUT2D eigenvalue weighted by molar-refractivity contribution is -0.121. The van der Waals surface area contributed by atoms with Crippen LogP contribution in [0.5, 0.6) is 5.75 Å². The minimum atomic E-state index is -0.667. The number of methoxy groups -OCH3 is 1. The third kappa shape index (κ3) is 5.50. The Hall–Kier alpha value is -3.89. The normalized spacial score (nSPS) is 10.8. The van der Waals surface area contributed by atoms with Crippen LogP contribution in [0.25, 0.3) is 10.2 Å². The molecule has 0 fully saturated rings. The Bertz CT molecular complexity index is 1540. The number of nitrogens with one attached hydrogen (secondary N) is 2. The predicted octanol–water partition coefficient (Wildman–Crippen LogP) is 3.23. The number of halogens is 1. The largest absolute Gasteiger partial charge is 0.495 e. The van der Waals surface area contributed by atoms with E-state index in [9.17, 15) is 19.2 Å². The zero-order chi connectivity index (χ0) is 25.7. The molecule has 0 spiro atoms. The number of rotatable bonds is 9. The lowest BCUT2D eigenvalue weighted by Crippen LogP contribution is -2.42. The van der Waals surface area contributed by atoms with Crippen LogP contribution in [0, 0.1) is 0 Å². The van der Waals surface area contributed by atoms with Crippen molar-refractivity contribution in [2.24, 2.45) is 0 Å². The predicted molar refractivity (Wildman–Crippen MR) is 140 cm³/mol. The summed E-state index contributed by atoms with van der Waals surface area (Å²) in [5, 5.41) is 7.69. The van der Waals surface area contributed by atoms with E-state index in [0.29, 0.717) is 26.7 Å². The van der Waals surface area contributed by atoms with Crippen molar-refractivity contribution in [3.63, 3.8) is 0 Å². The van der Waals surface area contributed by atoms with E-state index in [-0.39, 0.29) is 32.0 Å². The zero-order valence-corrected chi connectivity index (χ0v) is 20.9. The van der Waals surface area contributed by atoms with Gasteiger partial charge >= 0.3 is 5.69 Å². The second kappa shape index (κ2) is 11.2. The zero-order valence-electron chi connectivity index (χ0n) is 19.3. The van der Waals surface area contributed by atoms with Gasteiger partial charge in [-0.3, -0.25) is 23.5 Å². The molecule has 0 atom stereocenters. The van der Waals surface area contributed by atoms with Crippen LogP contribution >= 0.6 is 22.9 Å². The second-order valence-electron chi connectivity index (χ2n) is 7.83. The number of anilines is 1. The van der Waals surface area contributed by atoms with Crippen molar-refractivity contribution < 1.29 is 14.3 Å². The Balaban J connectivity index is 1.52. The van der Waals surface area contributed by atoms with Gasteiger partial charge in [-0.15, -0.1) is 11.3 Å². The molecule has 0 bridgehead atoms. The molecule has 36 heavy (non-hydrogen) atoms. The number of benzene rings is 2. The summed E-state index contributed by atoms with van der Waals surface area (Å²) in [4.78, 5) is 51.4. The number of aromatic nitrogens is 2. The van der Waals surface area contributed by atoms with Crippen LogP contribution < -0.4 is 26.6 Å². The maximum atomic E-state index is 13.2. The first-order valence-corrected chi connectivity index (χ1v) is 12.3. The molecule has 11 heteroatoms. The maximum Gasteiger partial charge on any atom is 0.332 e. The van der Waals surface area contributed by atoms with Crippen molar-refractivity contribution >= 4 is 50.7 Å². The van der Waals surface area contributed by atoms with Gasteiger partial charge in [0.1, 0.15) is 17.0 Å². The van der Waals surface area contributed by atoms with Crippen LogP contribution in [-0.4, -0.2) is 28.1 Å². The SMILES string of the molecule is COc1ccccc1NC(=O)Cn1c(=O)n(CCC(=O)NCc2ccccc2Cl)c(=O)c2sccc21. The number of amides is 2. The van der Waals surface area contributed by atoms with E-state index in [1.54, 1.807) is 53.9 Å². The van der Waals surface area contributed by atoms with Crippen LogP contribution in [0.1, 0.15) is 12.0 Å². The Morgan fingerprint density at radius 2 is 1.75 bits per heavy atom. The lowest BCUT2D eigenvalue weighted by atomic mass is 10.2. The molecule has 9 nitrogen and oxygen atoms in total. The van der Waals surface area contributed by atoms with Gasteiger partial charge in [-0.1, -0.05) is 41.9 Å². The van der Waals surface area contributed by atoms with E-state index in [4.69, 9.17) is 16.3 Å². The molecule has 2 aromatic heterocycles. The smallest absolute Gasteiger partial charge is 0.332 e. The number of carbonyl (C=O) groups excluding carboxylic acids is 2. The molecule has 0 aliphatic rings. The first kappa shape index (κ1) is 25.2. The molecule has 4 aromatic rings. The number of carbonyl (C=O) groups is 2. The van der Waals surface area contributed by atoms with Gasteiger partial charge in [0.2, 0.25) is 11.8 Å². The van der Waals surface area contributed by atoms with Crippen LogP contribution in [-0.2, 0) is 29.2 Å². The number of ether oxygens (including phenoxy) is 1. The molecule has 0 unspecified atom stereocenters. The Kier molecular flexibility index (Phi) is 7.87. The van der Waals surface area contributed by atoms with Crippen molar-refractivity contribution in [3.05, 3.63) is 91.4 Å². The highest BCUT2D eigenvalue weighted by atomic mass is 35.5. The fourth-order valence-electron chi connectivity index (χ4n) is 3.70. The fourth-order valence-corrected chi connectivity index (χ4v) is 4.75. The van der Waals surface area contributed by atoms with E-state index >= 15 is 0 Å². The summed E-state index contributed by atoms with van der Waals surface area (Å²) in [5.74, 6) is -0.323. The second-order valence-corrected chi connectivity index (χ2v) is 9.15. The van der Waals surface area contributed by atoms with Crippen molar-refractivity contribution in [2.75, 3.05) is 12.4 Å². The number of hydrogen-bond acceptors (Lipinski definition) is 6. The van der Waals surface area contributed by atoms with Gasteiger partial charge in [0.05, 0.1) is 18.3 Å². The summed E-state index contributed by atoms with van der Waals surface area (Å²) < 4.78 is 7.81. The van der Waals surface area contributed by atoms with E-state index in [1.165, 1.54) is 23.0 Å². The van der Waals surface area contributed by atoms with Gasteiger partial charge in [0.25, 0.3) is 5.56 Å². The number of hydrogen-bond donors (Lipinski definition) is 2. The van der Waals surface area contributed by atoms with E-state index in [2.05, 4.69) is 10.6 Å². The highest BCUT2D eigenvalue weighted by Gasteiger charge is 2.18. The molecule has 2 N–H and O–H groups in total. The summed E-state index contributed by atoms with van der Waals surface area (Å²) in [5.41, 5.74) is 0.422. The minimum absolute atomic E-state index is 0.0934. The van der Waals surface area contributed by atoms with Gasteiger partial charge in [0, 0.05) is 24.5 Å². The topological polar surface area (TPSA) is 111 Å². The van der Waals surface area contributed by atoms with Gasteiger partial charge in [-0.05, 0) is 35.2 Å². The standard InChI is InChI=1S/C25H23ClN4O5S/c1-35-20-9-5-4-8-18(20)28-22(32)15-30-19-11-13-36-23(19)24(33)29(25(30)34)12-10-21(31)27-14-16-6-2-3-7-17(16)26/h2-9,11,13H,10,12,14-15H2,1H3,(H,27,31)(H,28,32). The third-order valence-corrected chi connectivity index (χ3v) is 6.78. The van der Waals surface area contributed by atoms with Gasteiger partial charge in [-0.25, -0.2) is 4.79 Å². The average Bonchev–Trinajstić information content (AvgIpc) is 3.36. The van der Waals surface area contributed by atoms with Gasteiger partial charge in [-0.2, -0.15) is 0 Å². The molecule has 0 aliphatic carbocycles. The Morgan fingerprint density at radius 3 is 2.53 bits per heavy atom. The van der Waals surface area contributed by atoms with Crippen molar-refractivity contribution in [3.8, 4) is 5.75 Å². The highest BCUT2D eigenvalue weighted by Crippen LogP contribution is 2.23. The molecule has 0 saturated heterocycles. The molecular weight excluding hydrogens is 504 g/mol. The van der Waals surface area contributed by atoms with Crippen LogP contribution in [0.3, 0.4) is 0 Å². The monoisotopic (exact) mass is 526 g/mol. The van der Waals surface area contributed by atoms with Crippen molar-refractivity contribution in [1.29, 1.82) is 0 Å². The fraction of sp³-hybridized carbons (Fsp3) is 0.200. The number of para-hydroxylation sites is 2. The van der Waals surface area contributed by atoms with Crippen molar-refractivity contribution in [2.45, 2.75) is 26.1 Å². The van der Waals surface area contributed by atoms with Gasteiger partial charge < -0.3 is 15.4 Å². The summed E-state index contributed by atoms with van der Waals surface area (Å²) in [7, 11) is 1.49. The first-order valence-electron chi connectivity index (χ1n) is 11.0. The van der Waals surface area contributed by atoms with Gasteiger partial charge in [0.15, 0.2) is 0 Å². The van der Waals surface area contributed by atoms with E-state index in [0.717, 1.165) is 10.1 Å². The maximum absolute atomic E-state index is 13.2. The molecule has 0 saturated carbocycles. The Morgan fingerprint density at radius 1 is 1.00 bits per heavy atom. The van der Waals surface area contributed by atoms with E-state index in [1.807, 2.05) is 6.07 Å². The Labute approximate surface area is 214 Å². The first-order chi connectivity index (χ1) is 17.4. The molecule has 186 valence electrons. The molecule has 2 amide bonds. The van der Waals surface area contributed by atoms with Crippen LogP contribution in [0.4, 0.5) is 5.69 Å². The lowest BCUT2D eigenvalue weighted by Gasteiger charge is -2.13. The summed E-state index contributed by atoms with van der Waals surface area (Å²) in [6.07, 6.45) is -0.0934. The minimum Gasteiger partial charge on any atom is -0.495 e. The molecule has 2 aromatic carbocycles. The average molecular weight is 527 g/mol. The quantitative estimate of drug-likeness (QED) is 0.348. The number of nitrogens with zero attached hydrogens (tertiary/aromatic N) is 2. The van der Waals surface area contributed by atoms with Crippen LogP contribution in [0.15, 0.2) is 69.6 Å². The molecule has 2 heterocycles. The molecular formula is C25H23ClN4O5S. The molecule has 0 radical (unpaired) electrons. The number of fused-ring (bicyclic) bond motifs is 1. The molecule has 0 aliphatic heterocycles. The summed E-state index contributed by atoms with van der Waals surface area (Å²) in [6.45, 7) is -0.220. The summed E-state index contributed by atoms with van der Waals surface area (Å²) >= 11 is 7.29. The molecule has 4 rings (SSSR count). The third-order valence-electron chi connectivity index (χ3n) is 5.52. The summed E-state index contributed by atoms with van der Waals surface area (Å²) in [6, 6.07) is 15.7. The number of thiophene rings is 1. The van der Waals surface area contributed by atoms with E-state index < -0.39 is 17.2 Å².